The number of urea groups is 1. The number of guanidine groups is 1. The molecular formula is C11H15N6O2+. The first-order chi connectivity index (χ1) is 9.04. The third-order valence-corrected chi connectivity index (χ3v) is 3.47. The molecule has 1 fully saturated rings. The lowest BCUT2D eigenvalue weighted by atomic mass is 10.1. The molecule has 19 heavy (non-hydrogen) atoms. The Labute approximate surface area is 110 Å². The van der Waals surface area contributed by atoms with Crippen molar-refractivity contribution in [2.24, 2.45) is 10.1 Å². The summed E-state index contributed by atoms with van der Waals surface area (Å²) in [5, 5.41) is 4.09. The summed E-state index contributed by atoms with van der Waals surface area (Å²) in [5.41, 5.74) is 3.68. The molecule has 0 bridgehead atoms. The monoisotopic (exact) mass is 263 g/mol. The molecule has 3 aliphatic heterocycles. The van der Waals surface area contributed by atoms with Gasteiger partial charge in [0.15, 0.2) is 0 Å². The van der Waals surface area contributed by atoms with Gasteiger partial charge in [-0.05, 0) is 13.8 Å². The highest BCUT2D eigenvalue weighted by molar-refractivity contribution is 6.23. The standard InChI is InChI=1S/C11H14N6O2/c1-4-16-9(18)7-8(15(3)11(16)19)12-10-14-13-6(2)5-17(7)10/h7H,4-5H2,1-3H3/p+1. The first-order valence-corrected chi connectivity index (χ1v) is 6.15. The summed E-state index contributed by atoms with van der Waals surface area (Å²) in [6, 6.07) is -0.865. The van der Waals surface area contributed by atoms with Gasteiger partial charge in [0.1, 0.15) is 6.54 Å². The fourth-order valence-electron chi connectivity index (χ4n) is 2.49. The highest BCUT2D eigenvalue weighted by Gasteiger charge is 2.52. The number of amidine groups is 1. The van der Waals surface area contributed by atoms with E-state index < -0.39 is 6.04 Å². The van der Waals surface area contributed by atoms with Crippen molar-refractivity contribution in [1.29, 1.82) is 0 Å². The Hall–Kier alpha value is -2.25. The molecule has 8 heteroatoms. The van der Waals surface area contributed by atoms with E-state index in [-0.39, 0.29) is 11.9 Å². The minimum atomic E-state index is -0.532. The summed E-state index contributed by atoms with van der Waals surface area (Å²) >= 11 is 0. The maximum Gasteiger partial charge on any atom is 0.414 e. The molecule has 0 aromatic carbocycles. The molecule has 0 aliphatic carbocycles. The number of nitrogens with zero attached hydrogens (tertiary/aromatic N) is 5. The fraction of sp³-hybridized carbons (Fsp3) is 0.545. The van der Waals surface area contributed by atoms with Crippen molar-refractivity contribution in [3.8, 4) is 0 Å². The molecule has 3 rings (SSSR count). The average Bonchev–Trinajstić information content (AvgIpc) is 2.75. The number of nitrogens with one attached hydrogen (secondary N) is 1. The largest absolute Gasteiger partial charge is 0.414 e. The molecule has 1 atom stereocenters. The Kier molecular flexibility index (Phi) is 2.41. The van der Waals surface area contributed by atoms with Gasteiger partial charge in [0.2, 0.25) is 11.9 Å². The van der Waals surface area contributed by atoms with E-state index in [1.807, 2.05) is 11.5 Å². The summed E-state index contributed by atoms with van der Waals surface area (Å²) in [4.78, 5) is 31.5. The Morgan fingerprint density at radius 2 is 2.21 bits per heavy atom. The maximum atomic E-state index is 12.4. The van der Waals surface area contributed by atoms with Crippen LogP contribution in [-0.2, 0) is 4.79 Å². The summed E-state index contributed by atoms with van der Waals surface area (Å²) < 4.78 is 1.84. The predicted octanol–water partition coefficient (Wildman–Crippen LogP) is -0.971. The molecule has 0 spiro atoms. The summed E-state index contributed by atoms with van der Waals surface area (Å²) in [5.74, 6) is 0.763. The lowest BCUT2D eigenvalue weighted by Gasteiger charge is -2.33. The number of aliphatic imine (C=N–C) groups is 1. The van der Waals surface area contributed by atoms with Gasteiger partial charge in [0.25, 0.3) is 5.91 Å². The van der Waals surface area contributed by atoms with Gasteiger partial charge in [-0.2, -0.15) is 5.43 Å². The first kappa shape index (κ1) is 11.8. The molecule has 0 saturated carbocycles. The van der Waals surface area contributed by atoms with Crippen LogP contribution in [0.15, 0.2) is 10.1 Å². The zero-order valence-corrected chi connectivity index (χ0v) is 11.0. The number of likely N-dealkylation sites (N-methyl/N-ethyl adjacent to an activating group) is 2. The van der Waals surface area contributed by atoms with Crippen molar-refractivity contribution in [2.75, 3.05) is 20.1 Å². The minimum absolute atomic E-state index is 0.226. The minimum Gasteiger partial charge on any atom is -0.270 e. The number of rotatable bonds is 1. The number of imide groups is 1. The summed E-state index contributed by atoms with van der Waals surface area (Å²) in [6.07, 6.45) is 0. The van der Waals surface area contributed by atoms with Crippen LogP contribution in [0, 0.1) is 0 Å². The van der Waals surface area contributed by atoms with E-state index in [2.05, 4.69) is 15.5 Å². The highest BCUT2D eigenvalue weighted by Crippen LogP contribution is 2.19. The molecule has 3 heterocycles. The zero-order chi connectivity index (χ0) is 13.7. The van der Waals surface area contributed by atoms with E-state index in [1.165, 1.54) is 9.80 Å². The molecule has 3 amide bonds. The second-order valence-corrected chi connectivity index (χ2v) is 4.71. The first-order valence-electron chi connectivity index (χ1n) is 6.15. The SMILES string of the molecule is CCN1C(=O)C2C(=NC3=[N+]2CC(C)=NN3)N(C)C1=O. The lowest BCUT2D eigenvalue weighted by molar-refractivity contribution is -0.524. The van der Waals surface area contributed by atoms with Gasteiger partial charge in [-0.15, -0.1) is 5.10 Å². The van der Waals surface area contributed by atoms with Crippen LogP contribution in [-0.4, -0.2) is 70.0 Å². The van der Waals surface area contributed by atoms with Gasteiger partial charge in [-0.3, -0.25) is 14.6 Å². The lowest BCUT2D eigenvalue weighted by Crippen LogP contribution is -2.63. The highest BCUT2D eigenvalue weighted by atomic mass is 16.2. The number of fused-ring (bicyclic) bond motifs is 2. The Balaban J connectivity index is 2.02. The Bertz CT molecular complexity index is 576. The molecule has 0 aromatic heterocycles. The average molecular weight is 263 g/mol. The smallest absolute Gasteiger partial charge is 0.270 e. The van der Waals surface area contributed by atoms with E-state index in [9.17, 15) is 9.59 Å². The Morgan fingerprint density at radius 1 is 1.47 bits per heavy atom. The maximum absolute atomic E-state index is 12.4. The van der Waals surface area contributed by atoms with Crippen molar-refractivity contribution < 1.29 is 14.2 Å². The van der Waals surface area contributed by atoms with Gasteiger partial charge in [-0.25, -0.2) is 9.37 Å². The molecule has 1 N–H and O–H groups in total. The third kappa shape index (κ3) is 1.49. The normalized spacial score (nSPS) is 25.9. The number of carbonyl (C=O) groups is 2. The molecule has 8 nitrogen and oxygen atoms in total. The van der Waals surface area contributed by atoms with Crippen molar-refractivity contribution in [2.45, 2.75) is 19.9 Å². The van der Waals surface area contributed by atoms with Crippen LogP contribution in [0.2, 0.25) is 0 Å². The topological polar surface area (TPSA) is 80.4 Å². The summed E-state index contributed by atoms with van der Waals surface area (Å²) in [7, 11) is 1.63. The molecule has 0 aromatic rings. The fourth-order valence-corrected chi connectivity index (χ4v) is 2.49. The number of amides is 3. The van der Waals surface area contributed by atoms with Gasteiger partial charge in [0, 0.05) is 13.6 Å². The van der Waals surface area contributed by atoms with Crippen molar-refractivity contribution >= 4 is 29.4 Å². The van der Waals surface area contributed by atoms with E-state index in [4.69, 9.17) is 0 Å². The van der Waals surface area contributed by atoms with Crippen molar-refractivity contribution in [3.63, 3.8) is 0 Å². The molecule has 100 valence electrons. The number of carbonyl (C=O) groups excluding carboxylic acids is 2. The second kappa shape index (κ2) is 3.87. The molecule has 3 aliphatic rings. The van der Waals surface area contributed by atoms with E-state index in [0.29, 0.717) is 24.9 Å². The number of hydrazone groups is 1. The van der Waals surface area contributed by atoms with Crippen LogP contribution in [0.25, 0.3) is 0 Å². The molecule has 0 radical (unpaired) electrons. The van der Waals surface area contributed by atoms with Crippen LogP contribution in [0.5, 0.6) is 0 Å². The van der Waals surface area contributed by atoms with Crippen molar-refractivity contribution in [1.82, 2.24) is 15.2 Å². The van der Waals surface area contributed by atoms with Crippen LogP contribution in [0.3, 0.4) is 0 Å². The number of hydrogen-bond acceptors (Lipinski definition) is 5. The van der Waals surface area contributed by atoms with Gasteiger partial charge < -0.3 is 0 Å². The van der Waals surface area contributed by atoms with Crippen LogP contribution in [0.4, 0.5) is 4.79 Å². The second-order valence-electron chi connectivity index (χ2n) is 4.71. The van der Waals surface area contributed by atoms with E-state index in [0.717, 1.165) is 5.71 Å². The zero-order valence-electron chi connectivity index (χ0n) is 11.0. The van der Waals surface area contributed by atoms with Crippen molar-refractivity contribution in [3.05, 3.63) is 0 Å². The quantitative estimate of drug-likeness (QED) is 0.618. The van der Waals surface area contributed by atoms with Crippen LogP contribution >= 0.6 is 0 Å². The third-order valence-electron chi connectivity index (χ3n) is 3.47. The molecular weight excluding hydrogens is 248 g/mol. The predicted molar refractivity (Wildman–Crippen MR) is 68.1 cm³/mol. The summed E-state index contributed by atoms with van der Waals surface area (Å²) in [6.45, 7) is 4.55. The molecule has 1 unspecified atom stereocenters. The van der Waals surface area contributed by atoms with E-state index in [1.54, 1.807) is 14.0 Å². The van der Waals surface area contributed by atoms with Gasteiger partial charge >= 0.3 is 12.0 Å². The van der Waals surface area contributed by atoms with Gasteiger partial charge in [-0.1, -0.05) is 4.99 Å². The van der Waals surface area contributed by atoms with Crippen LogP contribution < -0.4 is 5.43 Å². The molecule has 1 saturated heterocycles. The van der Waals surface area contributed by atoms with Gasteiger partial charge in [0.05, 0.1) is 5.71 Å². The number of hydrogen-bond donors (Lipinski definition) is 1. The van der Waals surface area contributed by atoms with E-state index >= 15 is 0 Å². The van der Waals surface area contributed by atoms with Crippen LogP contribution in [0.1, 0.15) is 13.8 Å². The Morgan fingerprint density at radius 3 is 2.89 bits per heavy atom.